The van der Waals surface area contributed by atoms with E-state index in [1.807, 2.05) is 0 Å². The smallest absolute Gasteiger partial charge is 0.487 e. The third-order valence-electron chi connectivity index (χ3n) is 7.66. The van der Waals surface area contributed by atoms with Crippen LogP contribution in [0.4, 0.5) is 0 Å². The minimum atomic E-state index is -1.28. The highest BCUT2D eigenvalue weighted by atomic mass is 16.5. The number of imide groups is 1. The van der Waals surface area contributed by atoms with Crippen molar-refractivity contribution in [2.24, 2.45) is 17.8 Å². The molecule has 4 aliphatic rings. The molecule has 2 amide bonds. The first kappa shape index (κ1) is 20.7. The second-order valence-corrected chi connectivity index (χ2v) is 9.27. The molecule has 2 saturated heterocycles. The first-order valence-corrected chi connectivity index (χ1v) is 11.3. The lowest BCUT2D eigenvalue weighted by Gasteiger charge is -2.42. The van der Waals surface area contributed by atoms with E-state index in [9.17, 15) is 24.8 Å². The monoisotopic (exact) mass is 425 g/mol. The van der Waals surface area contributed by atoms with E-state index in [1.165, 1.54) is 4.90 Å². The number of aliphatic hydroxyl groups is 1. The molecule has 7 nitrogen and oxygen atoms in total. The average Bonchev–Trinajstić information content (AvgIpc) is 3.03. The van der Waals surface area contributed by atoms with Gasteiger partial charge in [-0.1, -0.05) is 37.5 Å². The highest BCUT2D eigenvalue weighted by molar-refractivity contribution is 6.53. The molecule has 3 N–H and O–H groups in total. The van der Waals surface area contributed by atoms with E-state index in [2.05, 4.69) is 0 Å². The molecule has 0 aromatic heterocycles. The number of hydrogen-bond donors (Lipinski definition) is 3. The van der Waals surface area contributed by atoms with Gasteiger partial charge in [-0.25, -0.2) is 0 Å². The number of carbonyl (C=O) groups excluding carboxylic acids is 2. The third-order valence-corrected chi connectivity index (χ3v) is 7.66. The summed E-state index contributed by atoms with van der Waals surface area (Å²) < 4.78 is 5.83. The predicted octanol–water partition coefficient (Wildman–Crippen LogP) is 2.12. The summed E-state index contributed by atoms with van der Waals surface area (Å²) in [5.41, 5.74) is 1.69. The molecule has 8 heteroatoms. The van der Waals surface area contributed by atoms with Gasteiger partial charge in [-0.15, -0.1) is 0 Å². The van der Waals surface area contributed by atoms with Crippen LogP contribution in [0, 0.1) is 17.8 Å². The maximum Gasteiger partial charge on any atom is 0.487 e. The van der Waals surface area contributed by atoms with Gasteiger partial charge in [0.25, 0.3) is 0 Å². The molecule has 1 aromatic carbocycles. The average molecular weight is 425 g/mol. The standard InChI is InChI=1S/C23H28BNO6/c26-12-13-10-17-20(23(29)25(22(17)28)14-6-2-1-3-7-14)16-11-19(31-24(30)21(13)16)15-8-4-5-9-18(15)27/h4-5,8-9,14,16-17,19-20,26-27,30H,1-3,6-7,10-12H2/t16-,17-,19-,20+/m0/s1. The Balaban J connectivity index is 1.51. The molecule has 2 aliphatic carbocycles. The Morgan fingerprint density at radius 2 is 1.81 bits per heavy atom. The van der Waals surface area contributed by atoms with Crippen LogP contribution in [-0.4, -0.2) is 51.7 Å². The number of allylic oxidation sites excluding steroid dienone is 1. The van der Waals surface area contributed by atoms with Crippen molar-refractivity contribution in [3.8, 4) is 5.75 Å². The van der Waals surface area contributed by atoms with Crippen LogP contribution < -0.4 is 0 Å². The second kappa shape index (κ2) is 8.08. The SMILES string of the molecule is O=C1[C@H]2[C@H](CC(CO)=C3B(O)O[C@H](c4ccccc4O)C[C@H]32)C(=O)N1C1CCCCC1. The van der Waals surface area contributed by atoms with E-state index in [0.29, 0.717) is 23.0 Å². The Labute approximate surface area is 181 Å². The predicted molar refractivity (Wildman–Crippen MR) is 112 cm³/mol. The minimum Gasteiger partial charge on any atom is -0.508 e. The Hall–Kier alpha value is -2.16. The number of rotatable bonds is 3. The number of fused-ring (bicyclic) bond motifs is 3. The van der Waals surface area contributed by atoms with E-state index in [4.69, 9.17) is 4.65 Å². The molecule has 164 valence electrons. The fraction of sp³-hybridized carbons (Fsp3) is 0.565. The van der Waals surface area contributed by atoms with Gasteiger partial charge < -0.3 is 19.9 Å². The highest BCUT2D eigenvalue weighted by Gasteiger charge is 2.58. The maximum absolute atomic E-state index is 13.6. The van der Waals surface area contributed by atoms with Gasteiger partial charge in [-0.05, 0) is 48.7 Å². The fourth-order valence-corrected chi connectivity index (χ4v) is 6.24. The molecule has 4 atom stereocenters. The second-order valence-electron chi connectivity index (χ2n) is 9.27. The number of hydrogen-bond acceptors (Lipinski definition) is 6. The van der Waals surface area contributed by atoms with Crippen molar-refractivity contribution >= 4 is 18.9 Å². The topological polar surface area (TPSA) is 107 Å². The van der Waals surface area contributed by atoms with Crippen molar-refractivity contribution in [2.75, 3.05) is 6.61 Å². The van der Waals surface area contributed by atoms with Crippen LogP contribution in [0.5, 0.6) is 5.75 Å². The van der Waals surface area contributed by atoms with Gasteiger partial charge in [-0.3, -0.25) is 14.5 Å². The lowest BCUT2D eigenvalue weighted by atomic mass is 9.55. The summed E-state index contributed by atoms with van der Waals surface area (Å²) in [7, 11) is -1.28. The zero-order valence-electron chi connectivity index (χ0n) is 17.4. The summed E-state index contributed by atoms with van der Waals surface area (Å²) in [4.78, 5) is 28.4. The van der Waals surface area contributed by atoms with Crippen molar-refractivity contribution < 1.29 is 29.5 Å². The van der Waals surface area contributed by atoms with E-state index in [0.717, 1.165) is 32.1 Å². The molecule has 31 heavy (non-hydrogen) atoms. The number of phenols is 1. The Kier molecular flexibility index (Phi) is 5.40. The molecular formula is C23H28BNO6. The normalized spacial score (nSPS) is 31.8. The molecule has 0 spiro atoms. The van der Waals surface area contributed by atoms with Crippen molar-refractivity contribution in [2.45, 2.75) is 57.1 Å². The number of likely N-dealkylation sites (tertiary alicyclic amines) is 1. The van der Waals surface area contributed by atoms with Crippen LogP contribution in [0.15, 0.2) is 35.3 Å². The van der Waals surface area contributed by atoms with E-state index in [1.54, 1.807) is 24.3 Å². The van der Waals surface area contributed by atoms with Crippen LogP contribution >= 0.6 is 0 Å². The minimum absolute atomic E-state index is 0.0425. The molecule has 0 radical (unpaired) electrons. The first-order chi connectivity index (χ1) is 15.0. The number of phenolic OH excluding ortho intramolecular Hbond substituents is 1. The fourth-order valence-electron chi connectivity index (χ4n) is 6.24. The van der Waals surface area contributed by atoms with Gasteiger partial charge >= 0.3 is 7.12 Å². The molecule has 2 heterocycles. The van der Waals surface area contributed by atoms with Gasteiger partial charge in [0.2, 0.25) is 11.8 Å². The van der Waals surface area contributed by atoms with Gasteiger partial charge in [0.15, 0.2) is 0 Å². The van der Waals surface area contributed by atoms with Crippen molar-refractivity contribution in [3.63, 3.8) is 0 Å². The van der Waals surface area contributed by atoms with Gasteiger partial charge in [0.05, 0.1) is 24.5 Å². The number of aliphatic hydroxyl groups excluding tert-OH is 1. The van der Waals surface area contributed by atoms with Crippen LogP contribution in [0.2, 0.25) is 0 Å². The van der Waals surface area contributed by atoms with Crippen LogP contribution in [0.3, 0.4) is 0 Å². The number of carbonyl (C=O) groups is 2. The molecule has 2 aliphatic heterocycles. The molecule has 5 rings (SSSR count). The number of aromatic hydroxyl groups is 1. The Morgan fingerprint density at radius 3 is 2.52 bits per heavy atom. The summed E-state index contributed by atoms with van der Waals surface area (Å²) in [6.45, 7) is -0.276. The molecule has 0 bridgehead atoms. The summed E-state index contributed by atoms with van der Waals surface area (Å²) in [5, 5.41) is 31.1. The van der Waals surface area contributed by atoms with Crippen molar-refractivity contribution in [1.29, 1.82) is 0 Å². The van der Waals surface area contributed by atoms with Gasteiger partial charge in [0.1, 0.15) is 5.75 Å². The zero-order chi connectivity index (χ0) is 21.7. The lowest BCUT2D eigenvalue weighted by Crippen LogP contribution is -2.45. The van der Waals surface area contributed by atoms with E-state index < -0.39 is 31.0 Å². The number of benzene rings is 1. The number of para-hydroxylation sites is 1. The van der Waals surface area contributed by atoms with Crippen molar-refractivity contribution in [3.05, 3.63) is 40.9 Å². The molecule has 1 saturated carbocycles. The largest absolute Gasteiger partial charge is 0.508 e. The molecule has 1 aromatic rings. The maximum atomic E-state index is 13.6. The highest BCUT2D eigenvalue weighted by Crippen LogP contribution is 2.52. The van der Waals surface area contributed by atoms with Crippen molar-refractivity contribution in [1.82, 2.24) is 4.90 Å². The number of amides is 2. The molecule has 0 unspecified atom stereocenters. The quantitative estimate of drug-likeness (QED) is 0.506. The van der Waals surface area contributed by atoms with Gasteiger partial charge in [0, 0.05) is 11.6 Å². The van der Waals surface area contributed by atoms with Crippen LogP contribution in [0.1, 0.15) is 56.6 Å². The lowest BCUT2D eigenvalue weighted by molar-refractivity contribution is -0.143. The summed E-state index contributed by atoms with van der Waals surface area (Å²) >= 11 is 0. The van der Waals surface area contributed by atoms with Gasteiger partial charge in [-0.2, -0.15) is 0 Å². The van der Waals surface area contributed by atoms with Crippen LogP contribution in [-0.2, 0) is 14.2 Å². The number of nitrogens with zero attached hydrogens (tertiary/aromatic N) is 1. The Bertz CT molecular complexity index is 926. The van der Waals surface area contributed by atoms with E-state index >= 15 is 0 Å². The Morgan fingerprint density at radius 1 is 1.06 bits per heavy atom. The van der Waals surface area contributed by atoms with E-state index in [-0.39, 0.29) is 36.6 Å². The third kappa shape index (κ3) is 3.32. The summed E-state index contributed by atoms with van der Waals surface area (Å²) in [6, 6.07) is 6.76. The summed E-state index contributed by atoms with van der Waals surface area (Å²) in [6.07, 6.45) is 4.92. The molecule has 3 fully saturated rings. The zero-order valence-corrected chi connectivity index (χ0v) is 17.4. The first-order valence-electron chi connectivity index (χ1n) is 11.3. The van der Waals surface area contributed by atoms with Crippen LogP contribution in [0.25, 0.3) is 0 Å². The molecular weight excluding hydrogens is 397 g/mol. The summed E-state index contributed by atoms with van der Waals surface area (Å²) in [5.74, 6) is -1.66.